The number of hydrogen-bond donors (Lipinski definition) is 1. The molecular weight excluding hydrogens is 310 g/mol. The van der Waals surface area contributed by atoms with Gasteiger partial charge < -0.3 is 14.8 Å². The summed E-state index contributed by atoms with van der Waals surface area (Å²) in [5.74, 6) is 1.44. The summed E-state index contributed by atoms with van der Waals surface area (Å²) >= 11 is 0. The van der Waals surface area contributed by atoms with Crippen LogP contribution in [0.1, 0.15) is 55.0 Å². The van der Waals surface area contributed by atoms with Gasteiger partial charge in [0.1, 0.15) is 5.75 Å². The van der Waals surface area contributed by atoms with Crippen LogP contribution in [0.25, 0.3) is 0 Å². The third-order valence-electron chi connectivity index (χ3n) is 5.34. The number of aryl methyl sites for hydroxylation is 1. The average molecular weight is 337 g/mol. The molecule has 3 heteroatoms. The molecule has 1 N–H and O–H groups in total. The Bertz CT molecular complexity index is 743. The van der Waals surface area contributed by atoms with Crippen molar-refractivity contribution < 1.29 is 9.47 Å². The number of ether oxygens (including phenoxy) is 2. The second kappa shape index (κ2) is 7.09. The fourth-order valence-corrected chi connectivity index (χ4v) is 4.18. The lowest BCUT2D eigenvalue weighted by molar-refractivity contribution is -0.0383. The maximum absolute atomic E-state index is 6.26. The fraction of sp³-hybridized carbons (Fsp3) is 0.455. The third kappa shape index (κ3) is 3.13. The van der Waals surface area contributed by atoms with Crippen molar-refractivity contribution in [2.75, 3.05) is 18.5 Å². The minimum Gasteiger partial charge on any atom is -0.493 e. The summed E-state index contributed by atoms with van der Waals surface area (Å²) in [5.41, 5.74) is 5.05. The number of benzene rings is 2. The van der Waals surface area contributed by atoms with Crippen molar-refractivity contribution >= 4 is 5.69 Å². The van der Waals surface area contributed by atoms with Crippen LogP contribution in [-0.4, -0.2) is 13.2 Å². The third-order valence-corrected chi connectivity index (χ3v) is 5.34. The number of nitrogens with one attached hydrogen (secondary N) is 1. The van der Waals surface area contributed by atoms with Crippen molar-refractivity contribution in [3.05, 3.63) is 59.2 Å². The quantitative estimate of drug-likeness (QED) is 0.808. The van der Waals surface area contributed by atoms with Gasteiger partial charge in [-0.1, -0.05) is 42.8 Å². The molecule has 132 valence electrons. The minimum absolute atomic E-state index is 0.175. The normalized spacial score (nSPS) is 24.8. The molecule has 2 aliphatic heterocycles. The summed E-state index contributed by atoms with van der Waals surface area (Å²) in [7, 11) is 0. The zero-order valence-corrected chi connectivity index (χ0v) is 15.1. The van der Waals surface area contributed by atoms with Crippen molar-refractivity contribution in [3.8, 4) is 5.75 Å². The zero-order chi connectivity index (χ0) is 17.2. The van der Waals surface area contributed by atoms with Crippen LogP contribution in [-0.2, 0) is 4.74 Å². The van der Waals surface area contributed by atoms with E-state index >= 15 is 0 Å². The first kappa shape index (κ1) is 16.5. The maximum atomic E-state index is 6.26. The molecular formula is C22H27NO2. The lowest BCUT2D eigenvalue weighted by Crippen LogP contribution is -2.36. The molecule has 3 atom stereocenters. The Hall–Kier alpha value is -2.00. The van der Waals surface area contributed by atoms with E-state index in [0.29, 0.717) is 5.92 Å². The fourth-order valence-electron chi connectivity index (χ4n) is 4.18. The molecule has 25 heavy (non-hydrogen) atoms. The van der Waals surface area contributed by atoms with Crippen LogP contribution < -0.4 is 10.1 Å². The van der Waals surface area contributed by atoms with Crippen molar-refractivity contribution in [2.45, 2.75) is 45.3 Å². The van der Waals surface area contributed by atoms with Crippen LogP contribution in [0.5, 0.6) is 5.75 Å². The van der Waals surface area contributed by atoms with E-state index in [4.69, 9.17) is 9.47 Å². The summed E-state index contributed by atoms with van der Waals surface area (Å²) in [4.78, 5) is 0. The topological polar surface area (TPSA) is 30.5 Å². The number of para-hydroxylation sites is 1. The summed E-state index contributed by atoms with van der Waals surface area (Å²) in [6, 6.07) is 15.3. The monoisotopic (exact) mass is 337 g/mol. The molecule has 0 spiro atoms. The highest BCUT2D eigenvalue weighted by molar-refractivity contribution is 5.59. The average Bonchev–Trinajstić information content (AvgIpc) is 2.66. The van der Waals surface area contributed by atoms with Gasteiger partial charge in [-0.05, 0) is 38.3 Å². The van der Waals surface area contributed by atoms with Gasteiger partial charge in [-0.15, -0.1) is 0 Å². The van der Waals surface area contributed by atoms with E-state index in [9.17, 15) is 0 Å². The van der Waals surface area contributed by atoms with Crippen molar-refractivity contribution in [3.63, 3.8) is 0 Å². The second-order valence-corrected chi connectivity index (χ2v) is 7.20. The number of fused-ring (bicyclic) bond motifs is 3. The van der Waals surface area contributed by atoms with Gasteiger partial charge in [-0.3, -0.25) is 0 Å². The first-order valence-electron chi connectivity index (χ1n) is 9.48. The van der Waals surface area contributed by atoms with E-state index in [2.05, 4.69) is 61.6 Å². The largest absolute Gasteiger partial charge is 0.493 e. The Balaban J connectivity index is 1.74. The Labute approximate surface area is 150 Å². The molecule has 0 aromatic heterocycles. The van der Waals surface area contributed by atoms with Crippen molar-refractivity contribution in [2.24, 2.45) is 5.92 Å². The van der Waals surface area contributed by atoms with Gasteiger partial charge in [0.15, 0.2) is 0 Å². The summed E-state index contributed by atoms with van der Waals surface area (Å²) in [6.07, 6.45) is 3.49. The smallest absolute Gasteiger partial charge is 0.124 e. The van der Waals surface area contributed by atoms with Gasteiger partial charge in [0.2, 0.25) is 0 Å². The summed E-state index contributed by atoms with van der Waals surface area (Å²) in [5, 5.41) is 3.80. The highest BCUT2D eigenvalue weighted by atomic mass is 16.5. The summed E-state index contributed by atoms with van der Waals surface area (Å²) < 4.78 is 12.3. The van der Waals surface area contributed by atoms with Crippen LogP contribution in [0.3, 0.4) is 0 Å². The molecule has 2 aliphatic rings. The molecule has 1 saturated heterocycles. The molecule has 0 amide bonds. The van der Waals surface area contributed by atoms with Gasteiger partial charge in [-0.25, -0.2) is 0 Å². The maximum Gasteiger partial charge on any atom is 0.124 e. The molecule has 2 aromatic rings. The SMILES string of the molecule is CCCOc1ccccc1C1Nc2ccc(C)cc2[C@H]2OCCC[C@@H]12. The lowest BCUT2D eigenvalue weighted by Gasteiger charge is -2.43. The second-order valence-electron chi connectivity index (χ2n) is 7.20. The first-order chi connectivity index (χ1) is 12.3. The van der Waals surface area contributed by atoms with Crippen LogP contribution in [0.15, 0.2) is 42.5 Å². The zero-order valence-electron chi connectivity index (χ0n) is 15.1. The molecule has 0 saturated carbocycles. The predicted octanol–water partition coefficient (Wildman–Crippen LogP) is 5.42. The first-order valence-corrected chi connectivity index (χ1v) is 9.48. The van der Waals surface area contributed by atoms with E-state index in [1.165, 1.54) is 28.8 Å². The highest BCUT2D eigenvalue weighted by Crippen LogP contribution is 2.50. The number of hydrogen-bond acceptors (Lipinski definition) is 3. The Morgan fingerprint density at radius 2 is 2.04 bits per heavy atom. The van der Waals surface area contributed by atoms with E-state index in [1.807, 2.05) is 0 Å². The van der Waals surface area contributed by atoms with Crippen molar-refractivity contribution in [1.29, 1.82) is 0 Å². The van der Waals surface area contributed by atoms with E-state index in [0.717, 1.165) is 31.8 Å². The van der Waals surface area contributed by atoms with Gasteiger partial charge >= 0.3 is 0 Å². The molecule has 2 heterocycles. The Morgan fingerprint density at radius 1 is 1.16 bits per heavy atom. The van der Waals surface area contributed by atoms with E-state index < -0.39 is 0 Å². The molecule has 1 unspecified atom stereocenters. The molecule has 0 aliphatic carbocycles. The molecule has 4 rings (SSSR count). The lowest BCUT2D eigenvalue weighted by atomic mass is 9.77. The van der Waals surface area contributed by atoms with Gasteiger partial charge in [0.25, 0.3) is 0 Å². The van der Waals surface area contributed by atoms with Crippen LogP contribution >= 0.6 is 0 Å². The van der Waals surface area contributed by atoms with Crippen LogP contribution in [0.4, 0.5) is 5.69 Å². The summed E-state index contributed by atoms with van der Waals surface area (Å²) in [6.45, 7) is 5.91. The minimum atomic E-state index is 0.175. The molecule has 0 radical (unpaired) electrons. The Kier molecular flexibility index (Phi) is 4.67. The van der Waals surface area contributed by atoms with Gasteiger partial charge in [-0.2, -0.15) is 0 Å². The Morgan fingerprint density at radius 3 is 2.92 bits per heavy atom. The van der Waals surface area contributed by atoms with Crippen molar-refractivity contribution in [1.82, 2.24) is 0 Å². The molecule has 3 nitrogen and oxygen atoms in total. The molecule has 1 fully saturated rings. The van der Waals surface area contributed by atoms with Crippen LogP contribution in [0, 0.1) is 12.8 Å². The molecule has 0 bridgehead atoms. The van der Waals surface area contributed by atoms with Gasteiger partial charge in [0, 0.05) is 29.3 Å². The standard InChI is InChI=1S/C22H27NO2/c1-3-12-24-20-9-5-4-7-16(20)21-17-8-6-13-25-22(17)18-14-15(2)10-11-19(18)23-21/h4-5,7,9-11,14,17,21-23H,3,6,8,12-13H2,1-2H3/t17-,21?,22-/m0/s1. The predicted molar refractivity (Wildman–Crippen MR) is 101 cm³/mol. The van der Waals surface area contributed by atoms with Gasteiger partial charge in [0.05, 0.1) is 18.8 Å². The number of rotatable bonds is 4. The van der Waals surface area contributed by atoms with Crippen LogP contribution in [0.2, 0.25) is 0 Å². The number of anilines is 1. The van der Waals surface area contributed by atoms with E-state index in [1.54, 1.807) is 0 Å². The van der Waals surface area contributed by atoms with E-state index in [-0.39, 0.29) is 12.1 Å². The highest BCUT2D eigenvalue weighted by Gasteiger charge is 2.40. The molecule has 2 aromatic carbocycles.